The molecule has 2 aliphatic rings. The number of nitrogens with zero attached hydrogens (tertiary/aromatic N) is 1. The number of amidine groups is 1. The quantitative estimate of drug-likeness (QED) is 0.578. The second-order valence-electron chi connectivity index (χ2n) is 6.75. The van der Waals surface area contributed by atoms with Crippen LogP contribution >= 0.6 is 0 Å². The fraction of sp³-hybridized carbons (Fsp3) is 0.929. The Morgan fingerprint density at radius 3 is 2.56 bits per heavy atom. The monoisotopic (exact) mass is 254 g/mol. The van der Waals surface area contributed by atoms with E-state index >= 15 is 0 Å². The summed E-state index contributed by atoms with van der Waals surface area (Å²) in [7, 11) is 0. The minimum absolute atomic E-state index is 0.106. The Balaban J connectivity index is 1.96. The van der Waals surface area contributed by atoms with Gasteiger partial charge in [-0.2, -0.15) is 0 Å². The van der Waals surface area contributed by atoms with Gasteiger partial charge in [-0.1, -0.05) is 20.8 Å². The van der Waals surface area contributed by atoms with Gasteiger partial charge in [-0.3, -0.25) is 5.41 Å². The number of nitrogens with one attached hydrogen (secondary N) is 1. The number of ether oxygens (including phenoxy) is 2. The molecule has 1 N–H and O–H groups in total. The molecule has 0 bridgehead atoms. The lowest BCUT2D eigenvalue weighted by Crippen LogP contribution is -2.51. The molecule has 4 heteroatoms. The van der Waals surface area contributed by atoms with Crippen molar-refractivity contribution in [2.75, 3.05) is 26.4 Å². The molecule has 1 spiro atoms. The average molecular weight is 254 g/mol. The molecule has 0 unspecified atom stereocenters. The Morgan fingerprint density at radius 1 is 1.28 bits per heavy atom. The highest BCUT2D eigenvalue weighted by molar-refractivity contribution is 5.71. The van der Waals surface area contributed by atoms with E-state index in [0.29, 0.717) is 12.6 Å². The third kappa shape index (κ3) is 2.97. The molecular formula is C14H26N2O2. The maximum Gasteiger partial charge on any atom is 0.284 e. The zero-order chi connectivity index (χ0) is 13.2. The van der Waals surface area contributed by atoms with E-state index in [-0.39, 0.29) is 11.0 Å². The van der Waals surface area contributed by atoms with E-state index in [1.807, 2.05) is 0 Å². The van der Waals surface area contributed by atoms with Crippen LogP contribution in [0.4, 0.5) is 0 Å². The van der Waals surface area contributed by atoms with Gasteiger partial charge in [-0.25, -0.2) is 0 Å². The van der Waals surface area contributed by atoms with Crippen LogP contribution in [0.25, 0.3) is 0 Å². The van der Waals surface area contributed by atoms with Crippen LogP contribution in [-0.2, 0) is 9.47 Å². The van der Waals surface area contributed by atoms with Crippen LogP contribution in [0, 0.1) is 10.8 Å². The van der Waals surface area contributed by atoms with E-state index in [4.69, 9.17) is 14.9 Å². The molecular weight excluding hydrogens is 228 g/mol. The van der Waals surface area contributed by atoms with Crippen molar-refractivity contribution in [2.45, 2.75) is 52.0 Å². The second kappa shape index (κ2) is 5.08. The summed E-state index contributed by atoms with van der Waals surface area (Å²) in [6.45, 7) is 9.61. The standard InChI is InChI=1S/C14H26N2O2/c1-13(2,3)11-18-12(15)16-8-4-5-14(16)6-9-17-10-7-14/h15H,4-11H2,1-3H3. The van der Waals surface area contributed by atoms with Gasteiger partial charge in [0.1, 0.15) is 0 Å². The summed E-state index contributed by atoms with van der Waals surface area (Å²) in [6.07, 6.45) is 4.42. The highest BCUT2D eigenvalue weighted by atomic mass is 16.5. The Labute approximate surface area is 110 Å². The molecule has 0 aromatic rings. The average Bonchev–Trinajstić information content (AvgIpc) is 2.69. The molecule has 0 atom stereocenters. The Morgan fingerprint density at radius 2 is 1.94 bits per heavy atom. The molecule has 0 aromatic carbocycles. The van der Waals surface area contributed by atoms with Gasteiger partial charge in [-0.05, 0) is 31.1 Å². The van der Waals surface area contributed by atoms with Crippen molar-refractivity contribution in [3.8, 4) is 0 Å². The Hall–Kier alpha value is -0.770. The Bertz CT molecular complexity index is 303. The molecule has 2 fully saturated rings. The normalized spacial score (nSPS) is 23.4. The maximum atomic E-state index is 8.19. The summed E-state index contributed by atoms with van der Waals surface area (Å²) in [5, 5.41) is 8.19. The lowest BCUT2D eigenvalue weighted by molar-refractivity contribution is 0.00484. The summed E-state index contributed by atoms with van der Waals surface area (Å²) in [4.78, 5) is 2.18. The molecule has 104 valence electrons. The number of rotatable bonds is 1. The molecule has 0 saturated carbocycles. The van der Waals surface area contributed by atoms with Crippen LogP contribution in [0.15, 0.2) is 0 Å². The second-order valence-corrected chi connectivity index (χ2v) is 6.75. The number of hydrogen-bond donors (Lipinski definition) is 1. The SMILES string of the molecule is CC(C)(C)COC(=N)N1CCCC12CCOCC2. The molecule has 0 aliphatic carbocycles. The van der Waals surface area contributed by atoms with Crippen LogP contribution in [0.5, 0.6) is 0 Å². The van der Waals surface area contributed by atoms with Crippen molar-refractivity contribution in [3.63, 3.8) is 0 Å². The predicted molar refractivity (Wildman–Crippen MR) is 71.9 cm³/mol. The van der Waals surface area contributed by atoms with E-state index in [1.54, 1.807) is 0 Å². The van der Waals surface area contributed by atoms with Crippen LogP contribution in [-0.4, -0.2) is 42.8 Å². The zero-order valence-electron chi connectivity index (χ0n) is 11.9. The molecule has 0 aromatic heterocycles. The molecule has 2 saturated heterocycles. The van der Waals surface area contributed by atoms with Crippen LogP contribution < -0.4 is 0 Å². The first-order valence-electron chi connectivity index (χ1n) is 7.00. The predicted octanol–water partition coefficient (Wildman–Crippen LogP) is 2.63. The molecule has 2 aliphatic heterocycles. The number of hydrogen-bond acceptors (Lipinski definition) is 3. The van der Waals surface area contributed by atoms with Gasteiger partial charge < -0.3 is 14.4 Å². The summed E-state index contributed by atoms with van der Waals surface area (Å²) in [6, 6.07) is 0.365. The molecule has 2 heterocycles. The van der Waals surface area contributed by atoms with Gasteiger partial charge in [-0.15, -0.1) is 0 Å². The minimum Gasteiger partial charge on any atom is -0.465 e. The van der Waals surface area contributed by atoms with Gasteiger partial charge in [0, 0.05) is 25.3 Å². The van der Waals surface area contributed by atoms with E-state index < -0.39 is 0 Å². The van der Waals surface area contributed by atoms with Gasteiger partial charge in [0.25, 0.3) is 6.02 Å². The van der Waals surface area contributed by atoms with E-state index in [9.17, 15) is 0 Å². The molecule has 18 heavy (non-hydrogen) atoms. The molecule has 0 amide bonds. The first-order chi connectivity index (χ1) is 8.43. The molecule has 2 rings (SSSR count). The van der Waals surface area contributed by atoms with Crippen molar-refractivity contribution in [1.82, 2.24) is 4.90 Å². The summed E-state index contributed by atoms with van der Waals surface area (Å²) >= 11 is 0. The molecule has 0 radical (unpaired) electrons. The first-order valence-corrected chi connectivity index (χ1v) is 7.00. The van der Waals surface area contributed by atoms with Crippen molar-refractivity contribution >= 4 is 6.02 Å². The van der Waals surface area contributed by atoms with Crippen LogP contribution in [0.1, 0.15) is 46.5 Å². The van der Waals surface area contributed by atoms with Crippen molar-refractivity contribution in [2.24, 2.45) is 5.41 Å². The lowest BCUT2D eigenvalue weighted by atomic mass is 9.87. The smallest absolute Gasteiger partial charge is 0.284 e. The first kappa shape index (κ1) is 13.7. The largest absolute Gasteiger partial charge is 0.465 e. The molecule has 4 nitrogen and oxygen atoms in total. The summed E-state index contributed by atoms with van der Waals surface area (Å²) < 4.78 is 11.1. The third-order valence-corrected chi connectivity index (χ3v) is 3.91. The van der Waals surface area contributed by atoms with Crippen LogP contribution in [0.2, 0.25) is 0 Å². The Kier molecular flexibility index (Phi) is 3.85. The van der Waals surface area contributed by atoms with Gasteiger partial charge in [0.05, 0.1) is 6.61 Å². The van der Waals surface area contributed by atoms with Gasteiger partial charge in [0.15, 0.2) is 0 Å². The third-order valence-electron chi connectivity index (χ3n) is 3.91. The van der Waals surface area contributed by atoms with Crippen LogP contribution in [0.3, 0.4) is 0 Å². The maximum absolute atomic E-state index is 8.19. The topological polar surface area (TPSA) is 45.5 Å². The van der Waals surface area contributed by atoms with Gasteiger partial charge >= 0.3 is 0 Å². The zero-order valence-corrected chi connectivity index (χ0v) is 11.9. The minimum atomic E-state index is 0.106. The van der Waals surface area contributed by atoms with E-state index in [0.717, 1.165) is 32.6 Å². The fourth-order valence-corrected chi connectivity index (χ4v) is 2.89. The van der Waals surface area contributed by atoms with Crippen molar-refractivity contribution in [1.29, 1.82) is 5.41 Å². The fourth-order valence-electron chi connectivity index (χ4n) is 2.89. The lowest BCUT2D eigenvalue weighted by Gasteiger charge is -2.42. The summed E-state index contributed by atoms with van der Waals surface area (Å²) in [5.41, 5.74) is 0.252. The van der Waals surface area contributed by atoms with E-state index in [1.165, 1.54) is 12.8 Å². The van der Waals surface area contributed by atoms with E-state index in [2.05, 4.69) is 25.7 Å². The number of likely N-dealkylation sites (tertiary alicyclic amines) is 1. The highest BCUT2D eigenvalue weighted by Crippen LogP contribution is 2.38. The van der Waals surface area contributed by atoms with Crippen molar-refractivity contribution in [3.05, 3.63) is 0 Å². The van der Waals surface area contributed by atoms with Crippen molar-refractivity contribution < 1.29 is 9.47 Å². The highest BCUT2D eigenvalue weighted by Gasteiger charge is 2.44. The van der Waals surface area contributed by atoms with Gasteiger partial charge in [0.2, 0.25) is 0 Å². The summed E-state index contributed by atoms with van der Waals surface area (Å²) in [5.74, 6) is 0.